The number of carbonyl (C=O) groups excluding carboxylic acids is 2. The molecule has 26 heavy (non-hydrogen) atoms. The molecular formula is C20H25N3O3. The molecule has 6 nitrogen and oxygen atoms in total. The Labute approximate surface area is 153 Å². The van der Waals surface area contributed by atoms with Crippen LogP contribution in [0.1, 0.15) is 40.7 Å². The summed E-state index contributed by atoms with van der Waals surface area (Å²) in [6, 6.07) is 8.67. The minimum absolute atomic E-state index is 0.00898. The quantitative estimate of drug-likeness (QED) is 0.912. The smallest absolute Gasteiger partial charge is 0.291 e. The second kappa shape index (κ2) is 7.64. The van der Waals surface area contributed by atoms with E-state index in [1.165, 1.54) is 6.26 Å². The SMILES string of the molecule is CC1CCN(C(=O)c2cc(NC(=O)c3ccco3)ccc2N(C)C)CC1. The van der Waals surface area contributed by atoms with Crippen molar-refractivity contribution < 1.29 is 14.0 Å². The molecule has 1 aliphatic rings. The maximum atomic E-state index is 13.1. The fourth-order valence-corrected chi connectivity index (χ4v) is 3.16. The molecule has 0 aliphatic carbocycles. The minimum Gasteiger partial charge on any atom is -0.459 e. The van der Waals surface area contributed by atoms with Gasteiger partial charge in [0.05, 0.1) is 11.8 Å². The van der Waals surface area contributed by atoms with Gasteiger partial charge in [0, 0.05) is 38.6 Å². The molecule has 0 spiro atoms. The Balaban J connectivity index is 1.84. The molecule has 3 rings (SSSR count). The van der Waals surface area contributed by atoms with Gasteiger partial charge in [-0.05, 0) is 49.1 Å². The van der Waals surface area contributed by atoms with Gasteiger partial charge in [0.25, 0.3) is 11.8 Å². The van der Waals surface area contributed by atoms with E-state index in [4.69, 9.17) is 4.42 Å². The van der Waals surface area contributed by atoms with E-state index in [1.807, 2.05) is 30.0 Å². The summed E-state index contributed by atoms with van der Waals surface area (Å²) in [5.41, 5.74) is 2.01. The third-order valence-electron chi connectivity index (χ3n) is 4.78. The van der Waals surface area contributed by atoms with Gasteiger partial charge in [-0.25, -0.2) is 0 Å². The van der Waals surface area contributed by atoms with E-state index in [0.717, 1.165) is 31.6 Å². The third-order valence-corrected chi connectivity index (χ3v) is 4.78. The summed E-state index contributed by atoms with van der Waals surface area (Å²) in [4.78, 5) is 29.1. The predicted octanol–water partition coefficient (Wildman–Crippen LogP) is 3.47. The van der Waals surface area contributed by atoms with Gasteiger partial charge >= 0.3 is 0 Å². The van der Waals surface area contributed by atoms with Crippen LogP contribution in [-0.4, -0.2) is 43.9 Å². The molecule has 0 atom stereocenters. The lowest BCUT2D eigenvalue weighted by atomic mass is 9.98. The molecule has 2 heterocycles. The normalized spacial score (nSPS) is 15.0. The summed E-state index contributed by atoms with van der Waals surface area (Å²) < 4.78 is 5.12. The van der Waals surface area contributed by atoms with Gasteiger partial charge in [-0.3, -0.25) is 9.59 Å². The minimum atomic E-state index is -0.335. The second-order valence-electron chi connectivity index (χ2n) is 7.03. The molecule has 0 unspecified atom stereocenters. The largest absolute Gasteiger partial charge is 0.459 e. The summed E-state index contributed by atoms with van der Waals surface area (Å²) in [5.74, 6) is 0.568. The Kier molecular flexibility index (Phi) is 5.30. The lowest BCUT2D eigenvalue weighted by Gasteiger charge is -2.31. The monoisotopic (exact) mass is 355 g/mol. The van der Waals surface area contributed by atoms with Crippen molar-refractivity contribution in [1.29, 1.82) is 0 Å². The average molecular weight is 355 g/mol. The van der Waals surface area contributed by atoms with Gasteiger partial charge in [0.2, 0.25) is 0 Å². The zero-order valence-electron chi connectivity index (χ0n) is 15.5. The number of nitrogens with one attached hydrogen (secondary N) is 1. The van der Waals surface area contributed by atoms with E-state index in [0.29, 0.717) is 17.2 Å². The standard InChI is InChI=1S/C20H25N3O3/c1-14-8-10-23(11-9-14)20(25)16-13-15(6-7-17(16)22(2)3)21-19(24)18-5-4-12-26-18/h4-7,12-14H,8-11H2,1-3H3,(H,21,24). The summed E-state index contributed by atoms with van der Waals surface area (Å²) in [7, 11) is 3.82. The van der Waals surface area contributed by atoms with Gasteiger partial charge in [-0.1, -0.05) is 6.92 Å². The van der Waals surface area contributed by atoms with Gasteiger partial charge in [-0.2, -0.15) is 0 Å². The molecule has 0 bridgehead atoms. The van der Waals surface area contributed by atoms with E-state index in [-0.39, 0.29) is 17.6 Å². The van der Waals surface area contributed by atoms with Crippen molar-refractivity contribution >= 4 is 23.2 Å². The summed E-state index contributed by atoms with van der Waals surface area (Å²) in [5, 5.41) is 2.79. The molecule has 1 fully saturated rings. The van der Waals surface area contributed by atoms with Crippen LogP contribution in [0.25, 0.3) is 0 Å². The van der Waals surface area contributed by atoms with Crippen LogP contribution in [0.4, 0.5) is 11.4 Å². The van der Waals surface area contributed by atoms with Crippen molar-refractivity contribution in [3.63, 3.8) is 0 Å². The van der Waals surface area contributed by atoms with E-state index < -0.39 is 0 Å². The van der Waals surface area contributed by atoms with E-state index in [9.17, 15) is 9.59 Å². The predicted molar refractivity (Wildman–Crippen MR) is 102 cm³/mol. The molecule has 1 aliphatic heterocycles. The third kappa shape index (κ3) is 3.90. The maximum Gasteiger partial charge on any atom is 0.291 e. The van der Waals surface area contributed by atoms with Crippen LogP contribution in [-0.2, 0) is 0 Å². The molecule has 1 aromatic carbocycles. The average Bonchev–Trinajstić information content (AvgIpc) is 3.16. The number of nitrogens with zero attached hydrogens (tertiary/aromatic N) is 2. The maximum absolute atomic E-state index is 13.1. The molecule has 6 heteroatoms. The lowest BCUT2D eigenvalue weighted by Crippen LogP contribution is -2.38. The summed E-state index contributed by atoms with van der Waals surface area (Å²) in [6.45, 7) is 3.77. The van der Waals surface area contributed by atoms with Crippen LogP contribution < -0.4 is 10.2 Å². The highest BCUT2D eigenvalue weighted by Crippen LogP contribution is 2.27. The number of piperidine rings is 1. The second-order valence-corrected chi connectivity index (χ2v) is 7.03. The number of benzene rings is 1. The first kappa shape index (κ1) is 18.0. The first-order valence-corrected chi connectivity index (χ1v) is 8.91. The molecule has 2 aromatic rings. The van der Waals surface area contributed by atoms with E-state index in [1.54, 1.807) is 24.3 Å². The van der Waals surface area contributed by atoms with Crippen molar-refractivity contribution in [2.24, 2.45) is 5.92 Å². The van der Waals surface area contributed by atoms with E-state index >= 15 is 0 Å². The molecule has 0 saturated carbocycles. The molecule has 1 saturated heterocycles. The topological polar surface area (TPSA) is 65.8 Å². The molecule has 2 amide bonds. The Morgan fingerprint density at radius 2 is 1.92 bits per heavy atom. The number of furan rings is 1. The van der Waals surface area contributed by atoms with E-state index in [2.05, 4.69) is 12.2 Å². The lowest BCUT2D eigenvalue weighted by molar-refractivity contribution is 0.0697. The number of carbonyl (C=O) groups is 2. The van der Waals surface area contributed by atoms with Crippen molar-refractivity contribution in [3.05, 3.63) is 47.9 Å². The van der Waals surface area contributed by atoms with Crippen molar-refractivity contribution in [2.75, 3.05) is 37.4 Å². The highest BCUT2D eigenvalue weighted by atomic mass is 16.3. The highest BCUT2D eigenvalue weighted by Gasteiger charge is 2.24. The molecule has 1 N–H and O–H groups in total. The van der Waals surface area contributed by atoms with Crippen molar-refractivity contribution in [3.8, 4) is 0 Å². The number of anilines is 2. The van der Waals surface area contributed by atoms with Crippen molar-refractivity contribution in [2.45, 2.75) is 19.8 Å². The summed E-state index contributed by atoms with van der Waals surface area (Å²) in [6.07, 6.45) is 3.51. The summed E-state index contributed by atoms with van der Waals surface area (Å²) >= 11 is 0. The van der Waals surface area contributed by atoms with Crippen LogP contribution in [0.3, 0.4) is 0 Å². The molecule has 138 valence electrons. The van der Waals surface area contributed by atoms with Crippen LogP contribution in [0.5, 0.6) is 0 Å². The fraction of sp³-hybridized carbons (Fsp3) is 0.400. The van der Waals surface area contributed by atoms with Gasteiger partial charge in [0.15, 0.2) is 5.76 Å². The van der Waals surface area contributed by atoms with Crippen LogP contribution >= 0.6 is 0 Å². The number of rotatable bonds is 4. The Morgan fingerprint density at radius 3 is 2.54 bits per heavy atom. The molecule has 1 aromatic heterocycles. The molecular weight excluding hydrogens is 330 g/mol. The zero-order valence-corrected chi connectivity index (χ0v) is 15.5. The van der Waals surface area contributed by atoms with Gasteiger partial charge in [-0.15, -0.1) is 0 Å². The zero-order chi connectivity index (χ0) is 18.7. The van der Waals surface area contributed by atoms with Crippen LogP contribution in [0, 0.1) is 5.92 Å². The Hall–Kier alpha value is -2.76. The number of likely N-dealkylation sites (tertiary alicyclic amines) is 1. The van der Waals surface area contributed by atoms with Crippen LogP contribution in [0.2, 0.25) is 0 Å². The molecule has 0 radical (unpaired) electrons. The number of amides is 2. The first-order chi connectivity index (χ1) is 12.5. The fourth-order valence-electron chi connectivity index (χ4n) is 3.16. The first-order valence-electron chi connectivity index (χ1n) is 8.91. The van der Waals surface area contributed by atoms with Gasteiger partial charge in [0.1, 0.15) is 0 Å². The number of hydrogen-bond donors (Lipinski definition) is 1. The highest BCUT2D eigenvalue weighted by molar-refractivity contribution is 6.05. The Bertz CT molecular complexity index is 776. The van der Waals surface area contributed by atoms with Crippen molar-refractivity contribution in [1.82, 2.24) is 4.90 Å². The Morgan fingerprint density at radius 1 is 1.19 bits per heavy atom. The van der Waals surface area contributed by atoms with Gasteiger partial charge < -0.3 is 19.5 Å². The van der Waals surface area contributed by atoms with Crippen LogP contribution in [0.15, 0.2) is 41.0 Å². The number of hydrogen-bond acceptors (Lipinski definition) is 4.